The minimum Gasteiger partial charge on any atom is -0.497 e. The molecule has 1 heterocycles. The predicted octanol–water partition coefficient (Wildman–Crippen LogP) is 2.40. The van der Waals surface area contributed by atoms with Crippen LogP contribution in [-0.2, 0) is 0 Å². The van der Waals surface area contributed by atoms with Gasteiger partial charge >= 0.3 is 0 Å². The fraction of sp³-hybridized carbons (Fsp3) is 0.111. The van der Waals surface area contributed by atoms with E-state index in [0.29, 0.717) is 5.89 Å². The Hall–Kier alpha value is -1.55. The van der Waals surface area contributed by atoms with Gasteiger partial charge in [-0.25, -0.2) is 0 Å². The first kappa shape index (κ1) is 9.02. The number of hydrogen-bond donors (Lipinski definition) is 0. The molecular weight excluding hydrogens is 204 g/mol. The molecule has 0 fully saturated rings. The van der Waals surface area contributed by atoms with E-state index in [1.165, 1.54) is 0 Å². The molecule has 0 spiro atoms. The van der Waals surface area contributed by atoms with Crippen LogP contribution in [0.15, 0.2) is 28.8 Å². The van der Waals surface area contributed by atoms with Crippen LogP contribution in [-0.4, -0.2) is 17.3 Å². The molecule has 0 saturated carbocycles. The minimum absolute atomic E-state index is 0.107. The van der Waals surface area contributed by atoms with Gasteiger partial charge in [-0.1, -0.05) is 0 Å². The van der Waals surface area contributed by atoms with Crippen molar-refractivity contribution in [3.63, 3.8) is 0 Å². The fourth-order valence-corrected chi connectivity index (χ4v) is 1.17. The van der Waals surface area contributed by atoms with E-state index in [0.717, 1.165) is 11.3 Å². The Morgan fingerprint density at radius 2 is 2.00 bits per heavy atom. The van der Waals surface area contributed by atoms with Gasteiger partial charge in [0, 0.05) is 5.56 Å². The van der Waals surface area contributed by atoms with Crippen molar-refractivity contribution in [3.8, 4) is 17.2 Å². The third kappa shape index (κ3) is 1.70. The van der Waals surface area contributed by atoms with Gasteiger partial charge in [-0.2, -0.15) is 4.98 Å². The van der Waals surface area contributed by atoms with Gasteiger partial charge in [-0.3, -0.25) is 0 Å². The van der Waals surface area contributed by atoms with Crippen LogP contribution < -0.4 is 4.74 Å². The Kier molecular flexibility index (Phi) is 2.37. The molecular formula is C9H7ClN2O2. The van der Waals surface area contributed by atoms with E-state index in [4.69, 9.17) is 20.9 Å². The molecule has 14 heavy (non-hydrogen) atoms. The molecule has 1 aromatic heterocycles. The van der Waals surface area contributed by atoms with Crippen LogP contribution >= 0.6 is 11.6 Å². The molecule has 0 amide bonds. The Balaban J connectivity index is 2.33. The molecule has 0 N–H and O–H groups in total. The van der Waals surface area contributed by atoms with Crippen molar-refractivity contribution in [1.29, 1.82) is 0 Å². The van der Waals surface area contributed by atoms with Crippen LogP contribution in [0, 0.1) is 0 Å². The molecule has 0 atom stereocenters. The van der Waals surface area contributed by atoms with Gasteiger partial charge in [0.15, 0.2) is 0 Å². The zero-order valence-electron chi connectivity index (χ0n) is 7.40. The highest BCUT2D eigenvalue weighted by atomic mass is 35.5. The average molecular weight is 211 g/mol. The van der Waals surface area contributed by atoms with Gasteiger partial charge in [-0.15, -0.1) is 0 Å². The number of aromatic nitrogens is 2. The van der Waals surface area contributed by atoms with Gasteiger partial charge in [0.25, 0.3) is 11.2 Å². The lowest BCUT2D eigenvalue weighted by atomic mass is 10.2. The van der Waals surface area contributed by atoms with Crippen molar-refractivity contribution in [2.45, 2.75) is 0 Å². The first-order chi connectivity index (χ1) is 6.79. The second-order valence-corrected chi connectivity index (χ2v) is 2.94. The van der Waals surface area contributed by atoms with Gasteiger partial charge < -0.3 is 9.26 Å². The maximum Gasteiger partial charge on any atom is 0.264 e. The van der Waals surface area contributed by atoms with E-state index in [9.17, 15) is 0 Å². The monoisotopic (exact) mass is 210 g/mol. The summed E-state index contributed by atoms with van der Waals surface area (Å²) in [7, 11) is 1.61. The molecule has 2 aromatic rings. The Morgan fingerprint density at radius 3 is 2.50 bits per heavy atom. The van der Waals surface area contributed by atoms with Crippen molar-refractivity contribution in [1.82, 2.24) is 10.1 Å². The number of ether oxygens (including phenoxy) is 1. The standard InChI is InChI=1S/C9H7ClN2O2/c1-13-7-4-2-6(3-5-7)8-11-9(10)12-14-8/h2-5H,1H3. The number of halogens is 1. The van der Waals surface area contributed by atoms with Crippen LogP contribution in [0.2, 0.25) is 5.28 Å². The number of hydrogen-bond acceptors (Lipinski definition) is 4. The van der Waals surface area contributed by atoms with Crippen molar-refractivity contribution in [2.75, 3.05) is 7.11 Å². The van der Waals surface area contributed by atoms with Crippen molar-refractivity contribution >= 4 is 11.6 Å². The smallest absolute Gasteiger partial charge is 0.264 e. The summed E-state index contributed by atoms with van der Waals surface area (Å²) in [5, 5.41) is 3.59. The number of rotatable bonds is 2. The SMILES string of the molecule is COc1ccc(-c2nc(Cl)no2)cc1. The molecule has 0 aliphatic rings. The lowest BCUT2D eigenvalue weighted by Gasteiger charge is -1.98. The van der Waals surface area contributed by atoms with E-state index >= 15 is 0 Å². The number of methoxy groups -OCH3 is 1. The Labute approximate surface area is 85.5 Å². The number of benzene rings is 1. The third-order valence-electron chi connectivity index (χ3n) is 1.74. The van der Waals surface area contributed by atoms with Crippen molar-refractivity contribution < 1.29 is 9.26 Å². The van der Waals surface area contributed by atoms with Gasteiger partial charge in [0.05, 0.1) is 7.11 Å². The number of nitrogens with zero attached hydrogens (tertiary/aromatic N) is 2. The highest BCUT2D eigenvalue weighted by Crippen LogP contribution is 2.21. The minimum atomic E-state index is 0.107. The summed E-state index contributed by atoms with van der Waals surface area (Å²) in [6.45, 7) is 0. The summed E-state index contributed by atoms with van der Waals surface area (Å²) < 4.78 is 9.91. The Morgan fingerprint density at radius 1 is 1.29 bits per heavy atom. The fourth-order valence-electron chi connectivity index (χ4n) is 1.06. The molecule has 0 aliphatic carbocycles. The summed E-state index contributed by atoms with van der Waals surface area (Å²) in [5.74, 6) is 1.18. The molecule has 0 bridgehead atoms. The average Bonchev–Trinajstić information content (AvgIpc) is 2.65. The lowest BCUT2D eigenvalue weighted by molar-refractivity contribution is 0.414. The van der Waals surface area contributed by atoms with Crippen LogP contribution in [0.4, 0.5) is 0 Å². The second kappa shape index (κ2) is 3.67. The summed E-state index contributed by atoms with van der Waals surface area (Å²) in [6, 6.07) is 7.27. The third-order valence-corrected chi connectivity index (χ3v) is 1.89. The highest BCUT2D eigenvalue weighted by Gasteiger charge is 2.06. The van der Waals surface area contributed by atoms with Crippen LogP contribution in [0.5, 0.6) is 5.75 Å². The van der Waals surface area contributed by atoms with Gasteiger partial charge in [0.2, 0.25) is 0 Å². The van der Waals surface area contributed by atoms with E-state index in [-0.39, 0.29) is 5.28 Å². The molecule has 0 aliphatic heterocycles. The normalized spacial score (nSPS) is 10.1. The zero-order valence-corrected chi connectivity index (χ0v) is 8.15. The second-order valence-electron chi connectivity index (χ2n) is 2.60. The first-order valence-corrected chi connectivity index (χ1v) is 4.31. The van der Waals surface area contributed by atoms with Crippen molar-refractivity contribution in [3.05, 3.63) is 29.5 Å². The predicted molar refractivity (Wildman–Crippen MR) is 51.3 cm³/mol. The van der Waals surface area contributed by atoms with Crippen LogP contribution in [0.1, 0.15) is 0 Å². The molecule has 1 aromatic carbocycles. The lowest BCUT2D eigenvalue weighted by Crippen LogP contribution is -1.82. The molecule has 2 rings (SSSR count). The summed E-state index contributed by atoms with van der Waals surface area (Å²) in [6.07, 6.45) is 0. The maximum absolute atomic E-state index is 5.53. The molecule has 0 saturated heterocycles. The molecule has 4 nitrogen and oxygen atoms in total. The van der Waals surface area contributed by atoms with E-state index in [1.54, 1.807) is 7.11 Å². The molecule has 0 unspecified atom stereocenters. The summed E-state index contributed by atoms with van der Waals surface area (Å²) in [5.41, 5.74) is 0.810. The first-order valence-electron chi connectivity index (χ1n) is 3.93. The molecule has 72 valence electrons. The topological polar surface area (TPSA) is 48.2 Å². The van der Waals surface area contributed by atoms with Crippen LogP contribution in [0.3, 0.4) is 0 Å². The Bertz CT molecular complexity index is 425. The van der Waals surface area contributed by atoms with E-state index in [1.807, 2.05) is 24.3 Å². The van der Waals surface area contributed by atoms with E-state index in [2.05, 4.69) is 10.1 Å². The molecule has 5 heteroatoms. The van der Waals surface area contributed by atoms with Crippen LogP contribution in [0.25, 0.3) is 11.5 Å². The summed E-state index contributed by atoms with van der Waals surface area (Å²) in [4.78, 5) is 3.88. The van der Waals surface area contributed by atoms with Gasteiger partial charge in [0.1, 0.15) is 5.75 Å². The molecule has 0 radical (unpaired) electrons. The van der Waals surface area contributed by atoms with E-state index < -0.39 is 0 Å². The van der Waals surface area contributed by atoms with Gasteiger partial charge in [-0.05, 0) is 41.0 Å². The summed E-state index contributed by atoms with van der Waals surface area (Å²) >= 11 is 5.53. The highest BCUT2D eigenvalue weighted by molar-refractivity contribution is 6.28. The maximum atomic E-state index is 5.53. The van der Waals surface area contributed by atoms with Crippen molar-refractivity contribution in [2.24, 2.45) is 0 Å². The quantitative estimate of drug-likeness (QED) is 0.764. The largest absolute Gasteiger partial charge is 0.497 e. The zero-order chi connectivity index (χ0) is 9.97.